The van der Waals surface area contributed by atoms with Crippen molar-refractivity contribution in [2.75, 3.05) is 32.0 Å². The molecule has 2 N–H and O–H groups in total. The van der Waals surface area contributed by atoms with Crippen LogP contribution in [0.1, 0.15) is 32.7 Å². The van der Waals surface area contributed by atoms with Crippen molar-refractivity contribution in [2.24, 2.45) is 0 Å². The van der Waals surface area contributed by atoms with Crippen LogP contribution in [0.15, 0.2) is 66.5 Å². The maximum absolute atomic E-state index is 15.6. The summed E-state index contributed by atoms with van der Waals surface area (Å²) in [6.45, 7) is 6.52. The Morgan fingerprint density at radius 3 is 2.70 bits per heavy atom. The zero-order valence-corrected chi connectivity index (χ0v) is 26.4. The molecule has 1 atom stereocenters. The van der Waals surface area contributed by atoms with Gasteiger partial charge in [-0.05, 0) is 18.2 Å². The number of carbonyl (C=O) groups is 1. The first-order valence-corrected chi connectivity index (χ1v) is 16.5. The summed E-state index contributed by atoms with van der Waals surface area (Å²) in [6.07, 6.45) is 4.62. The summed E-state index contributed by atoms with van der Waals surface area (Å²) in [5.74, 6) is 0.300. The van der Waals surface area contributed by atoms with Crippen LogP contribution in [0.4, 0.5) is 10.2 Å². The third-order valence-electron chi connectivity index (χ3n) is 7.71. The molecule has 0 bridgehead atoms. The van der Waals surface area contributed by atoms with E-state index in [0.717, 1.165) is 19.6 Å². The van der Waals surface area contributed by atoms with Crippen molar-refractivity contribution < 1.29 is 18.7 Å². The van der Waals surface area contributed by atoms with Gasteiger partial charge in [0, 0.05) is 6.07 Å². The van der Waals surface area contributed by atoms with Crippen molar-refractivity contribution in [3.05, 3.63) is 72.3 Å². The number of para-hydroxylation sites is 1. The van der Waals surface area contributed by atoms with E-state index in [1.807, 2.05) is 24.3 Å². The SMILES string of the molecule is CC(C)(/C=C(/C#N)C(=O)N1CCCC(n2nc(-c3ccc(Oc4ccccc4)cc3F)c3c(N)ncnc32)C1)[As]C1COC1. The van der Waals surface area contributed by atoms with Gasteiger partial charge in [-0.25, -0.2) is 4.39 Å². The van der Waals surface area contributed by atoms with E-state index in [-0.39, 0.29) is 48.9 Å². The predicted octanol–water partition coefficient (Wildman–Crippen LogP) is 5.34. The number of fused-ring (bicyclic) bond motifs is 1. The molecule has 1 radical (unpaired) electrons. The molecule has 2 aliphatic rings. The van der Waals surface area contributed by atoms with Crippen LogP contribution in [0.5, 0.6) is 11.5 Å². The van der Waals surface area contributed by atoms with Crippen molar-refractivity contribution >= 4 is 38.5 Å². The molecule has 2 fully saturated rings. The van der Waals surface area contributed by atoms with E-state index in [9.17, 15) is 10.1 Å². The van der Waals surface area contributed by atoms with Crippen LogP contribution in [0.3, 0.4) is 0 Å². The van der Waals surface area contributed by atoms with Gasteiger partial charge in [0.25, 0.3) is 0 Å². The fraction of sp³-hybridized carbons (Fsp3) is 0.344. The standard InChI is InChI=1S/C32H32AsFN7O3/c1-32(2,33-21-17-43-18-21)14-20(15-35)31(42)40-12-6-7-22(16-40)41-30-27(29(36)37-19-38-30)28(39-41)25-11-10-24(13-26(25)34)44-23-8-4-3-5-9-23/h3-5,8-11,13-14,19,21-22H,6-7,12,16-18H2,1-2H3,(H2,36,37,38)/b20-14-. The van der Waals surface area contributed by atoms with Crippen LogP contribution in [0.25, 0.3) is 22.3 Å². The Hall–Kier alpha value is -4.26. The Morgan fingerprint density at radius 2 is 2.00 bits per heavy atom. The van der Waals surface area contributed by atoms with Crippen molar-refractivity contribution in [2.45, 2.75) is 41.6 Å². The number of allylic oxidation sites excluding steroid dienone is 1. The summed E-state index contributed by atoms with van der Waals surface area (Å²) in [7, 11) is 0. The van der Waals surface area contributed by atoms with Gasteiger partial charge in [-0.1, -0.05) is 18.2 Å². The fourth-order valence-corrected chi connectivity index (χ4v) is 8.78. The van der Waals surface area contributed by atoms with Crippen molar-refractivity contribution in [1.82, 2.24) is 24.6 Å². The van der Waals surface area contributed by atoms with Crippen LogP contribution in [0.2, 0.25) is 8.91 Å². The van der Waals surface area contributed by atoms with Gasteiger partial charge < -0.3 is 4.74 Å². The molecule has 6 rings (SSSR count). The number of benzene rings is 2. The van der Waals surface area contributed by atoms with Gasteiger partial charge in [0.1, 0.15) is 11.5 Å². The first-order chi connectivity index (χ1) is 21.2. The predicted molar refractivity (Wildman–Crippen MR) is 165 cm³/mol. The quantitative estimate of drug-likeness (QED) is 0.153. The van der Waals surface area contributed by atoms with Crippen LogP contribution < -0.4 is 10.5 Å². The summed E-state index contributed by atoms with van der Waals surface area (Å²) < 4.78 is 28.7. The summed E-state index contributed by atoms with van der Waals surface area (Å²) in [5, 5.41) is 15.2. The number of nitriles is 1. The number of hydrogen-bond acceptors (Lipinski definition) is 8. The maximum atomic E-state index is 15.6. The first-order valence-electron chi connectivity index (χ1n) is 14.5. The van der Waals surface area contributed by atoms with Gasteiger partial charge in [-0.3, -0.25) is 0 Å². The number of likely N-dealkylation sites (tertiary alicyclic amines) is 1. The molecule has 2 aliphatic heterocycles. The Balaban J connectivity index is 1.28. The number of halogens is 1. The number of nitrogens with zero attached hydrogens (tertiary/aromatic N) is 6. The van der Waals surface area contributed by atoms with Crippen LogP contribution in [-0.2, 0) is 9.53 Å². The Labute approximate surface area is 261 Å². The van der Waals surface area contributed by atoms with Crippen LogP contribution in [-0.4, -0.2) is 72.6 Å². The second-order valence-electron chi connectivity index (χ2n) is 11.5. The number of anilines is 1. The summed E-state index contributed by atoms with van der Waals surface area (Å²) in [4.78, 5) is 23.9. The number of nitrogens with two attached hydrogens (primary N) is 1. The molecule has 2 saturated heterocycles. The summed E-state index contributed by atoms with van der Waals surface area (Å²) >= 11 is -0.124. The summed E-state index contributed by atoms with van der Waals surface area (Å²) in [5.41, 5.74) is 7.45. The van der Waals surface area contributed by atoms with E-state index in [1.165, 1.54) is 12.4 Å². The molecule has 12 heteroatoms. The average Bonchev–Trinajstić information content (AvgIpc) is 3.39. The second-order valence-corrected chi connectivity index (χ2v) is 16.0. The number of ether oxygens (including phenoxy) is 2. The molecule has 1 unspecified atom stereocenters. The molecule has 4 aromatic rings. The van der Waals surface area contributed by atoms with E-state index >= 15 is 4.39 Å². The zero-order chi connectivity index (χ0) is 30.8. The van der Waals surface area contributed by atoms with Crippen molar-refractivity contribution in [1.29, 1.82) is 5.26 Å². The third-order valence-corrected chi connectivity index (χ3v) is 10.8. The molecule has 4 heterocycles. The van der Waals surface area contributed by atoms with E-state index in [4.69, 9.17) is 20.3 Å². The topological polar surface area (TPSA) is 132 Å². The number of nitrogen functional groups attached to an aromatic ring is 1. The molecule has 10 nitrogen and oxygen atoms in total. The van der Waals surface area contributed by atoms with Gasteiger partial charge in [-0.15, -0.1) is 0 Å². The fourth-order valence-electron chi connectivity index (χ4n) is 5.62. The average molecular weight is 657 g/mol. The Morgan fingerprint density at radius 1 is 1.20 bits per heavy atom. The van der Waals surface area contributed by atoms with Gasteiger partial charge in [0.15, 0.2) is 0 Å². The van der Waals surface area contributed by atoms with E-state index in [1.54, 1.807) is 33.8 Å². The number of hydrogen-bond donors (Lipinski definition) is 1. The first kappa shape index (κ1) is 29.8. The van der Waals surface area contributed by atoms with Crippen molar-refractivity contribution in [3.63, 3.8) is 0 Å². The number of piperidine rings is 1. The molecule has 0 aliphatic carbocycles. The van der Waals surface area contributed by atoms with Crippen LogP contribution >= 0.6 is 0 Å². The van der Waals surface area contributed by atoms with Gasteiger partial charge in [-0.2, -0.15) is 0 Å². The number of amides is 1. The molecule has 2 aromatic carbocycles. The Kier molecular flexibility index (Phi) is 8.39. The van der Waals surface area contributed by atoms with E-state index in [2.05, 4.69) is 29.9 Å². The number of rotatable bonds is 8. The minimum absolute atomic E-state index is 0.124. The molecular formula is C32H32AsFN7O3. The molecular weight excluding hydrogens is 624 g/mol. The zero-order valence-electron chi connectivity index (χ0n) is 24.5. The van der Waals surface area contributed by atoms with E-state index in [0.29, 0.717) is 52.4 Å². The molecule has 44 heavy (non-hydrogen) atoms. The molecule has 2 aromatic heterocycles. The molecule has 225 valence electrons. The number of carbonyl (C=O) groups excluding carboxylic acids is 1. The second kappa shape index (κ2) is 12.4. The van der Waals surface area contributed by atoms with Gasteiger partial charge in [0.2, 0.25) is 0 Å². The molecule has 1 amide bonds. The molecule has 0 saturated carbocycles. The monoisotopic (exact) mass is 656 g/mol. The number of aromatic nitrogens is 4. The van der Waals surface area contributed by atoms with Gasteiger partial charge >= 0.3 is 199 Å². The normalized spacial score (nSPS) is 18.0. The molecule has 0 spiro atoms. The minimum atomic E-state index is -0.532. The third kappa shape index (κ3) is 6.19. The van der Waals surface area contributed by atoms with Crippen LogP contribution in [0, 0.1) is 17.1 Å². The van der Waals surface area contributed by atoms with Crippen molar-refractivity contribution in [3.8, 4) is 28.8 Å². The Bertz CT molecular complexity index is 1760. The van der Waals surface area contributed by atoms with E-state index < -0.39 is 5.82 Å². The summed E-state index contributed by atoms with van der Waals surface area (Å²) in [6, 6.07) is 15.6. The van der Waals surface area contributed by atoms with Gasteiger partial charge in [0.05, 0.1) is 0 Å².